The van der Waals surface area contributed by atoms with E-state index in [2.05, 4.69) is 12.2 Å². The molecule has 3 heteroatoms. The first-order chi connectivity index (χ1) is 8.22. The van der Waals surface area contributed by atoms with Crippen LogP contribution < -0.4 is 5.32 Å². The normalized spacial score (nSPS) is 23.5. The van der Waals surface area contributed by atoms with Crippen LogP contribution in [0.2, 0.25) is 5.02 Å². The van der Waals surface area contributed by atoms with Crippen molar-refractivity contribution in [3.63, 3.8) is 0 Å². The topological polar surface area (TPSA) is 12.0 Å². The summed E-state index contributed by atoms with van der Waals surface area (Å²) in [6, 6.07) is 5.29. The van der Waals surface area contributed by atoms with Gasteiger partial charge in [0.1, 0.15) is 5.82 Å². The van der Waals surface area contributed by atoms with Crippen LogP contribution in [0.1, 0.15) is 25.3 Å². The third-order valence-electron chi connectivity index (χ3n) is 3.75. The van der Waals surface area contributed by atoms with Gasteiger partial charge in [0.25, 0.3) is 0 Å². The molecule has 2 unspecified atom stereocenters. The van der Waals surface area contributed by atoms with E-state index in [9.17, 15) is 4.39 Å². The minimum absolute atomic E-state index is 0.233. The zero-order valence-electron chi connectivity index (χ0n) is 10.2. The lowest BCUT2D eigenvalue weighted by atomic mass is 9.70. The highest BCUT2D eigenvalue weighted by Gasteiger charge is 2.30. The van der Waals surface area contributed by atoms with Gasteiger partial charge >= 0.3 is 0 Å². The van der Waals surface area contributed by atoms with Gasteiger partial charge in [-0.1, -0.05) is 30.7 Å². The van der Waals surface area contributed by atoms with Gasteiger partial charge in [0.2, 0.25) is 0 Å². The van der Waals surface area contributed by atoms with Crippen molar-refractivity contribution in [2.45, 2.75) is 26.2 Å². The summed E-state index contributed by atoms with van der Waals surface area (Å²) in [4.78, 5) is 0. The maximum atomic E-state index is 13.8. The highest BCUT2D eigenvalue weighted by molar-refractivity contribution is 6.30. The molecule has 0 bridgehead atoms. The van der Waals surface area contributed by atoms with E-state index in [0.717, 1.165) is 25.1 Å². The molecule has 94 valence electrons. The van der Waals surface area contributed by atoms with Gasteiger partial charge in [-0.3, -0.25) is 0 Å². The van der Waals surface area contributed by atoms with Gasteiger partial charge in [-0.25, -0.2) is 4.39 Å². The molecule has 0 saturated heterocycles. The van der Waals surface area contributed by atoms with E-state index < -0.39 is 0 Å². The second-order valence-electron chi connectivity index (χ2n) is 4.82. The Bertz CT molecular complexity index is 380. The maximum Gasteiger partial charge on any atom is 0.144 e. The Hall–Kier alpha value is -0.600. The van der Waals surface area contributed by atoms with Crippen LogP contribution in [0.5, 0.6) is 0 Å². The van der Waals surface area contributed by atoms with E-state index in [1.54, 1.807) is 6.07 Å². The van der Waals surface area contributed by atoms with Gasteiger partial charge in [0, 0.05) is 0 Å². The second kappa shape index (κ2) is 5.83. The Labute approximate surface area is 107 Å². The third kappa shape index (κ3) is 2.99. The van der Waals surface area contributed by atoms with E-state index in [1.807, 2.05) is 12.1 Å². The summed E-state index contributed by atoms with van der Waals surface area (Å²) >= 11 is 5.79. The third-order valence-corrected chi connectivity index (χ3v) is 4.04. The average molecular weight is 256 g/mol. The molecular weight excluding hydrogens is 237 g/mol. The molecule has 1 aromatic carbocycles. The molecule has 1 aliphatic rings. The molecule has 1 fully saturated rings. The highest BCUT2D eigenvalue weighted by atomic mass is 35.5. The van der Waals surface area contributed by atoms with Crippen LogP contribution in [-0.2, 0) is 6.42 Å². The van der Waals surface area contributed by atoms with Gasteiger partial charge in [-0.2, -0.15) is 0 Å². The fourth-order valence-corrected chi connectivity index (χ4v) is 2.69. The monoisotopic (exact) mass is 255 g/mol. The SMILES string of the molecule is CCNCC1CCC1Cc1cccc(Cl)c1F. The smallest absolute Gasteiger partial charge is 0.144 e. The quantitative estimate of drug-likeness (QED) is 0.847. The van der Waals surface area contributed by atoms with Gasteiger partial charge in [-0.15, -0.1) is 0 Å². The van der Waals surface area contributed by atoms with Crippen LogP contribution in [0, 0.1) is 17.7 Å². The van der Waals surface area contributed by atoms with Crippen LogP contribution in [0.4, 0.5) is 4.39 Å². The van der Waals surface area contributed by atoms with Gasteiger partial charge < -0.3 is 5.32 Å². The summed E-state index contributed by atoms with van der Waals surface area (Å²) in [7, 11) is 0. The number of hydrogen-bond acceptors (Lipinski definition) is 1. The first-order valence-electron chi connectivity index (χ1n) is 6.36. The van der Waals surface area contributed by atoms with Crippen molar-refractivity contribution in [3.8, 4) is 0 Å². The molecule has 2 atom stereocenters. The Balaban J connectivity index is 1.94. The van der Waals surface area contributed by atoms with Gasteiger partial charge in [0.05, 0.1) is 5.02 Å². The van der Waals surface area contributed by atoms with Crippen LogP contribution in [-0.4, -0.2) is 13.1 Å². The number of hydrogen-bond donors (Lipinski definition) is 1. The molecule has 1 saturated carbocycles. The van der Waals surface area contributed by atoms with E-state index in [-0.39, 0.29) is 10.8 Å². The van der Waals surface area contributed by atoms with Crippen molar-refractivity contribution in [3.05, 3.63) is 34.6 Å². The average Bonchev–Trinajstić information content (AvgIpc) is 2.30. The van der Waals surface area contributed by atoms with Crippen LogP contribution >= 0.6 is 11.6 Å². The van der Waals surface area contributed by atoms with E-state index >= 15 is 0 Å². The molecule has 1 aromatic rings. The molecule has 2 rings (SSSR count). The Morgan fingerprint density at radius 2 is 2.12 bits per heavy atom. The largest absolute Gasteiger partial charge is 0.317 e. The van der Waals surface area contributed by atoms with Crippen LogP contribution in [0.15, 0.2) is 18.2 Å². The first-order valence-corrected chi connectivity index (χ1v) is 6.73. The summed E-state index contributed by atoms with van der Waals surface area (Å²) in [5.74, 6) is 1.08. The molecule has 17 heavy (non-hydrogen) atoms. The van der Waals surface area contributed by atoms with Crippen molar-refractivity contribution in [1.82, 2.24) is 5.32 Å². The van der Waals surface area contributed by atoms with E-state index in [0.29, 0.717) is 11.8 Å². The molecule has 0 aliphatic heterocycles. The lowest BCUT2D eigenvalue weighted by Gasteiger charge is -2.37. The molecule has 1 nitrogen and oxygen atoms in total. The summed E-state index contributed by atoms with van der Waals surface area (Å²) in [5.41, 5.74) is 0.767. The highest BCUT2D eigenvalue weighted by Crippen LogP contribution is 2.37. The summed E-state index contributed by atoms with van der Waals surface area (Å²) < 4.78 is 13.8. The number of benzene rings is 1. The molecule has 0 heterocycles. The van der Waals surface area contributed by atoms with Crippen molar-refractivity contribution in [1.29, 1.82) is 0 Å². The van der Waals surface area contributed by atoms with Crippen LogP contribution in [0.25, 0.3) is 0 Å². The molecular formula is C14H19ClFN. The molecule has 0 radical (unpaired) electrons. The fourth-order valence-electron chi connectivity index (χ4n) is 2.49. The molecule has 1 aliphatic carbocycles. The molecule has 0 aromatic heterocycles. The predicted molar refractivity (Wildman–Crippen MR) is 69.9 cm³/mol. The zero-order chi connectivity index (χ0) is 12.3. The van der Waals surface area contributed by atoms with Crippen molar-refractivity contribution in [2.75, 3.05) is 13.1 Å². The van der Waals surface area contributed by atoms with E-state index in [4.69, 9.17) is 11.6 Å². The Morgan fingerprint density at radius 3 is 2.76 bits per heavy atom. The summed E-state index contributed by atoms with van der Waals surface area (Å²) in [6.07, 6.45) is 3.30. The molecule has 0 spiro atoms. The standard InChI is InChI=1S/C14H19ClFN/c1-2-17-9-12-7-6-10(12)8-11-4-3-5-13(15)14(11)16/h3-5,10,12,17H,2,6-9H2,1H3. The Kier molecular flexibility index (Phi) is 4.41. The lowest BCUT2D eigenvalue weighted by Crippen LogP contribution is -2.36. The number of rotatable bonds is 5. The van der Waals surface area contributed by atoms with Crippen molar-refractivity contribution in [2.24, 2.45) is 11.8 Å². The first kappa shape index (κ1) is 12.8. The second-order valence-corrected chi connectivity index (χ2v) is 5.23. The minimum Gasteiger partial charge on any atom is -0.317 e. The lowest BCUT2D eigenvalue weighted by molar-refractivity contribution is 0.170. The zero-order valence-corrected chi connectivity index (χ0v) is 10.9. The fraction of sp³-hybridized carbons (Fsp3) is 0.571. The van der Waals surface area contributed by atoms with Crippen LogP contribution in [0.3, 0.4) is 0 Å². The maximum absolute atomic E-state index is 13.8. The van der Waals surface area contributed by atoms with E-state index in [1.165, 1.54) is 12.8 Å². The minimum atomic E-state index is -0.233. The summed E-state index contributed by atoms with van der Waals surface area (Å²) in [6.45, 7) is 4.18. The van der Waals surface area contributed by atoms with Crippen molar-refractivity contribution < 1.29 is 4.39 Å². The number of nitrogens with one attached hydrogen (secondary N) is 1. The summed E-state index contributed by atoms with van der Waals surface area (Å²) in [5, 5.41) is 3.61. The molecule has 1 N–H and O–H groups in total. The van der Waals surface area contributed by atoms with Gasteiger partial charge in [-0.05, 0) is 55.8 Å². The van der Waals surface area contributed by atoms with Gasteiger partial charge in [0.15, 0.2) is 0 Å². The van der Waals surface area contributed by atoms with Crippen molar-refractivity contribution >= 4 is 11.6 Å². The predicted octanol–water partition coefficient (Wildman–Crippen LogP) is 3.66. The molecule has 0 amide bonds. The number of halogens is 2. The Morgan fingerprint density at radius 1 is 1.35 bits per heavy atom.